The fourth-order valence-electron chi connectivity index (χ4n) is 2.64. The molecule has 0 aromatic carbocycles. The second kappa shape index (κ2) is 8.84. The molecule has 1 saturated heterocycles. The third-order valence-corrected chi connectivity index (χ3v) is 4.01. The average Bonchev–Trinajstić information content (AvgIpc) is 2.62. The summed E-state index contributed by atoms with van der Waals surface area (Å²) >= 11 is 0. The third-order valence-electron chi connectivity index (χ3n) is 4.01. The van der Waals surface area contributed by atoms with E-state index in [2.05, 4.69) is 33.4 Å². The molecule has 1 fully saturated rings. The lowest BCUT2D eigenvalue weighted by Crippen LogP contribution is -2.37. The first-order valence-electron chi connectivity index (χ1n) is 8.35. The Morgan fingerprint density at radius 1 is 1.40 bits per heavy atom. The normalized spacial score (nSPS) is 15.6. The quantitative estimate of drug-likeness (QED) is 0.705. The monoisotopic (exact) mass is 353 g/mol. The number of ether oxygens (including phenoxy) is 1. The Morgan fingerprint density at radius 2 is 2.08 bits per heavy atom. The van der Waals surface area contributed by atoms with Gasteiger partial charge in [0.05, 0.1) is 13.2 Å². The maximum absolute atomic E-state index is 13.2. The molecule has 138 valence electrons. The fourth-order valence-corrected chi connectivity index (χ4v) is 2.64. The Labute approximate surface area is 147 Å². The molecule has 1 aromatic heterocycles. The highest BCUT2D eigenvalue weighted by atomic mass is 19.3. The van der Waals surface area contributed by atoms with Crippen molar-refractivity contribution >= 4 is 22.9 Å². The van der Waals surface area contributed by atoms with Crippen LogP contribution in [0.15, 0.2) is 17.6 Å². The molecule has 2 rings (SSSR count). The molecule has 6 nitrogen and oxygen atoms in total. The van der Waals surface area contributed by atoms with Gasteiger partial charge >= 0.3 is 0 Å². The van der Waals surface area contributed by atoms with Crippen molar-refractivity contribution in [3.63, 3.8) is 0 Å². The molecule has 0 amide bonds. The molecule has 0 spiro atoms. The highest BCUT2D eigenvalue weighted by Crippen LogP contribution is 2.24. The minimum absolute atomic E-state index is 0.0544. The summed E-state index contributed by atoms with van der Waals surface area (Å²) in [5.41, 5.74) is -0.332. The van der Waals surface area contributed by atoms with Gasteiger partial charge in [0.1, 0.15) is 17.3 Å². The Hall–Kier alpha value is -2.09. The van der Waals surface area contributed by atoms with Crippen LogP contribution in [-0.2, 0) is 4.74 Å². The van der Waals surface area contributed by atoms with E-state index in [9.17, 15) is 8.78 Å². The van der Waals surface area contributed by atoms with Crippen molar-refractivity contribution in [2.45, 2.75) is 19.8 Å². The van der Waals surface area contributed by atoms with E-state index < -0.39 is 6.43 Å². The van der Waals surface area contributed by atoms with Crippen LogP contribution in [0.3, 0.4) is 0 Å². The first-order valence-corrected chi connectivity index (χ1v) is 8.35. The lowest BCUT2D eigenvalue weighted by atomic mass is 10.1. The molecule has 0 aliphatic carbocycles. The van der Waals surface area contributed by atoms with E-state index in [0.717, 1.165) is 13.0 Å². The van der Waals surface area contributed by atoms with Crippen molar-refractivity contribution in [3.8, 4) is 0 Å². The minimum Gasteiger partial charge on any atom is -0.378 e. The van der Waals surface area contributed by atoms with Crippen molar-refractivity contribution in [2.75, 3.05) is 56.7 Å². The Bertz CT molecular complexity index is 629. The van der Waals surface area contributed by atoms with E-state index in [0.29, 0.717) is 37.9 Å². The number of aromatic nitrogens is 2. The van der Waals surface area contributed by atoms with Crippen molar-refractivity contribution in [3.05, 3.63) is 18.5 Å². The summed E-state index contributed by atoms with van der Waals surface area (Å²) in [6.07, 6.45) is -1.77. The van der Waals surface area contributed by atoms with Crippen molar-refractivity contribution in [2.24, 2.45) is 4.99 Å². The van der Waals surface area contributed by atoms with Crippen LogP contribution in [0.1, 0.15) is 19.2 Å². The molecule has 8 heteroatoms. The molecule has 0 radical (unpaired) electrons. The van der Waals surface area contributed by atoms with E-state index in [1.54, 1.807) is 0 Å². The molecule has 0 saturated carbocycles. The van der Waals surface area contributed by atoms with E-state index in [-0.39, 0.29) is 17.1 Å². The number of rotatable bonds is 7. The van der Waals surface area contributed by atoms with Crippen molar-refractivity contribution < 1.29 is 13.5 Å². The van der Waals surface area contributed by atoms with Crippen LogP contribution in [0.2, 0.25) is 0 Å². The van der Waals surface area contributed by atoms with Gasteiger partial charge in [-0.2, -0.15) is 0 Å². The van der Waals surface area contributed by atoms with Gasteiger partial charge in [-0.25, -0.2) is 18.7 Å². The predicted octanol–water partition coefficient (Wildman–Crippen LogP) is 2.51. The number of alkyl halides is 2. The van der Waals surface area contributed by atoms with Crippen LogP contribution in [0.25, 0.3) is 5.57 Å². The predicted molar refractivity (Wildman–Crippen MR) is 97.0 cm³/mol. The Balaban J connectivity index is 2.43. The number of morpholine rings is 1. The minimum atomic E-state index is -2.72. The van der Waals surface area contributed by atoms with Gasteiger partial charge in [-0.1, -0.05) is 13.5 Å². The summed E-state index contributed by atoms with van der Waals surface area (Å²) in [6, 6.07) is 1.88. The van der Waals surface area contributed by atoms with E-state index in [1.807, 2.05) is 18.0 Å². The number of nitrogens with zero attached hydrogens (tertiary/aromatic N) is 5. The number of aliphatic imine (C=N–C) groups is 1. The molecular weight excluding hydrogens is 328 g/mol. The van der Waals surface area contributed by atoms with Gasteiger partial charge in [-0.05, 0) is 6.42 Å². The summed E-state index contributed by atoms with van der Waals surface area (Å²) < 4.78 is 31.7. The largest absolute Gasteiger partial charge is 0.378 e. The zero-order valence-corrected chi connectivity index (χ0v) is 15.0. The maximum atomic E-state index is 13.2. The first-order chi connectivity index (χ1) is 12.0. The van der Waals surface area contributed by atoms with Crippen LogP contribution in [0.5, 0.6) is 0 Å². The number of hydrogen-bond donors (Lipinski definition) is 0. The topological polar surface area (TPSA) is 53.9 Å². The van der Waals surface area contributed by atoms with E-state index >= 15 is 0 Å². The first kappa shape index (κ1) is 19.2. The van der Waals surface area contributed by atoms with Gasteiger partial charge in [0.15, 0.2) is 5.82 Å². The lowest BCUT2D eigenvalue weighted by Gasteiger charge is -2.29. The molecule has 1 aliphatic rings. The zero-order valence-electron chi connectivity index (χ0n) is 15.0. The third kappa shape index (κ3) is 4.72. The highest BCUT2D eigenvalue weighted by Gasteiger charge is 2.22. The summed E-state index contributed by atoms with van der Waals surface area (Å²) in [6.45, 7) is 9.24. The molecule has 1 aromatic rings. The van der Waals surface area contributed by atoms with Gasteiger partial charge in [0.2, 0.25) is 0 Å². The summed E-state index contributed by atoms with van der Waals surface area (Å²) in [7, 11) is 3.24. The molecule has 0 unspecified atom stereocenters. The van der Waals surface area contributed by atoms with Crippen LogP contribution in [0.4, 0.5) is 20.4 Å². The van der Waals surface area contributed by atoms with Crippen LogP contribution in [-0.4, -0.2) is 69.0 Å². The summed E-state index contributed by atoms with van der Waals surface area (Å²) in [5.74, 6) is 1.55. The molecule has 1 aliphatic heterocycles. The highest BCUT2D eigenvalue weighted by molar-refractivity contribution is 6.23. The number of hydrogen-bond acceptors (Lipinski definition) is 6. The van der Waals surface area contributed by atoms with Gasteiger partial charge in [-0.15, -0.1) is 0 Å². The number of halogens is 2. The van der Waals surface area contributed by atoms with Gasteiger partial charge in [0.25, 0.3) is 6.43 Å². The molecular formula is C17H25F2N5O. The Morgan fingerprint density at radius 3 is 2.64 bits per heavy atom. The molecule has 25 heavy (non-hydrogen) atoms. The number of allylic oxidation sites excluding steroid dienone is 1. The second-order valence-corrected chi connectivity index (χ2v) is 5.82. The van der Waals surface area contributed by atoms with Crippen LogP contribution in [0, 0.1) is 0 Å². The maximum Gasteiger partial charge on any atom is 0.280 e. The standard InChI is InChI=1S/C17H25F2N5O/c1-5-6-23(4)13-11-14(24-7-9-25-10-8-24)22-17(21-13)12(2)15(20-3)16(18)19/h11,16H,2,5-10H2,1,3-4H3/b20-15+. The zero-order chi connectivity index (χ0) is 18.4. The SMILES string of the molecule is C=C(/C(=N\C)C(F)F)c1nc(N(C)CCC)cc(N2CCOCC2)n1. The number of anilines is 2. The van der Waals surface area contributed by atoms with E-state index in [1.165, 1.54) is 7.05 Å². The smallest absolute Gasteiger partial charge is 0.280 e. The van der Waals surface area contributed by atoms with E-state index in [4.69, 9.17) is 4.74 Å². The summed E-state index contributed by atoms with van der Waals surface area (Å²) in [5, 5.41) is 0. The molecule has 0 bridgehead atoms. The average molecular weight is 353 g/mol. The van der Waals surface area contributed by atoms with Gasteiger partial charge in [0, 0.05) is 45.4 Å². The lowest BCUT2D eigenvalue weighted by molar-refractivity contribution is 0.122. The second-order valence-electron chi connectivity index (χ2n) is 5.82. The van der Waals surface area contributed by atoms with Gasteiger partial charge < -0.3 is 14.5 Å². The van der Waals surface area contributed by atoms with Crippen molar-refractivity contribution in [1.82, 2.24) is 9.97 Å². The molecule has 2 heterocycles. The molecule has 0 atom stereocenters. The van der Waals surface area contributed by atoms with Gasteiger partial charge in [-0.3, -0.25) is 4.99 Å². The van der Waals surface area contributed by atoms with Crippen LogP contribution >= 0.6 is 0 Å². The van der Waals surface area contributed by atoms with Crippen LogP contribution < -0.4 is 9.80 Å². The van der Waals surface area contributed by atoms with Crippen molar-refractivity contribution in [1.29, 1.82) is 0 Å². The Kier molecular flexibility index (Phi) is 6.81. The fraction of sp³-hybridized carbons (Fsp3) is 0.588. The summed E-state index contributed by atoms with van der Waals surface area (Å²) in [4.78, 5) is 16.6. The molecule has 0 N–H and O–H groups in total.